The summed E-state index contributed by atoms with van der Waals surface area (Å²) in [4.78, 5) is 11.8. The van der Waals surface area contributed by atoms with Crippen molar-refractivity contribution in [3.05, 3.63) is 59.7 Å². The van der Waals surface area contributed by atoms with Crippen LogP contribution >= 0.6 is 0 Å². The van der Waals surface area contributed by atoms with E-state index < -0.39 is 0 Å². The lowest BCUT2D eigenvalue weighted by molar-refractivity contribution is -0.123. The van der Waals surface area contributed by atoms with Crippen molar-refractivity contribution >= 4 is 12.1 Å². The van der Waals surface area contributed by atoms with Crippen LogP contribution in [0.2, 0.25) is 0 Å². The topological polar surface area (TPSA) is 59.9 Å². The summed E-state index contributed by atoms with van der Waals surface area (Å²) in [5, 5.41) is 3.92. The van der Waals surface area contributed by atoms with Crippen molar-refractivity contribution in [2.45, 2.75) is 19.8 Å². The lowest BCUT2D eigenvalue weighted by Gasteiger charge is -2.09. The lowest BCUT2D eigenvalue weighted by atomic mass is 10.0. The van der Waals surface area contributed by atoms with Gasteiger partial charge in [0.05, 0.1) is 13.3 Å². The lowest BCUT2D eigenvalue weighted by Crippen LogP contribution is -2.24. The van der Waals surface area contributed by atoms with E-state index in [-0.39, 0.29) is 12.5 Å². The Morgan fingerprint density at radius 2 is 2.00 bits per heavy atom. The third-order valence-electron chi connectivity index (χ3n) is 3.43. The fourth-order valence-corrected chi connectivity index (χ4v) is 2.09. The maximum absolute atomic E-state index is 11.8. The smallest absolute Gasteiger partial charge is 0.277 e. The Hall–Kier alpha value is -2.82. The summed E-state index contributed by atoms with van der Waals surface area (Å²) in [6.45, 7) is 4.13. The van der Waals surface area contributed by atoms with Crippen LogP contribution in [0.4, 0.5) is 0 Å². The van der Waals surface area contributed by atoms with Crippen LogP contribution in [0.3, 0.4) is 0 Å². The Kier molecular flexibility index (Phi) is 6.37. The molecule has 1 amide bonds. The second-order valence-corrected chi connectivity index (χ2v) is 5.55. The van der Waals surface area contributed by atoms with Crippen LogP contribution in [-0.4, -0.2) is 25.8 Å². The van der Waals surface area contributed by atoms with Gasteiger partial charge >= 0.3 is 0 Å². The number of nitrogens with zero attached hydrogens (tertiary/aromatic N) is 1. The Morgan fingerprint density at radius 3 is 2.75 bits per heavy atom. The fourth-order valence-electron chi connectivity index (χ4n) is 2.09. The summed E-state index contributed by atoms with van der Waals surface area (Å²) in [7, 11) is 1.59. The van der Waals surface area contributed by atoms with E-state index in [9.17, 15) is 4.79 Å². The second-order valence-electron chi connectivity index (χ2n) is 5.55. The van der Waals surface area contributed by atoms with E-state index in [2.05, 4.69) is 24.4 Å². The van der Waals surface area contributed by atoms with Crippen molar-refractivity contribution in [1.82, 2.24) is 5.43 Å². The summed E-state index contributed by atoms with van der Waals surface area (Å²) in [5.41, 5.74) is 4.39. The number of methoxy groups -OCH3 is 1. The molecule has 0 aliphatic rings. The van der Waals surface area contributed by atoms with Gasteiger partial charge in [0.1, 0.15) is 11.5 Å². The SMILES string of the molecule is COc1ccccc1/C=N/NC(=O)COc1cccc(C(C)C)c1. The number of hydrazone groups is 1. The quantitative estimate of drug-likeness (QED) is 0.627. The maximum Gasteiger partial charge on any atom is 0.277 e. The second kappa shape index (κ2) is 8.72. The van der Waals surface area contributed by atoms with Crippen LogP contribution in [0.15, 0.2) is 53.6 Å². The Bertz CT molecular complexity index is 711. The first-order valence-electron chi connectivity index (χ1n) is 7.78. The van der Waals surface area contributed by atoms with Crippen LogP contribution < -0.4 is 14.9 Å². The minimum atomic E-state index is -0.323. The number of benzene rings is 2. The fraction of sp³-hybridized carbons (Fsp3) is 0.263. The zero-order chi connectivity index (χ0) is 17.4. The molecule has 0 aliphatic heterocycles. The molecule has 0 atom stereocenters. The summed E-state index contributed by atoms with van der Waals surface area (Å²) in [6.07, 6.45) is 1.54. The average Bonchev–Trinajstić information content (AvgIpc) is 2.60. The van der Waals surface area contributed by atoms with Gasteiger partial charge in [0.25, 0.3) is 5.91 Å². The van der Waals surface area contributed by atoms with Gasteiger partial charge in [-0.25, -0.2) is 5.43 Å². The number of carbonyl (C=O) groups is 1. The minimum Gasteiger partial charge on any atom is -0.496 e. The van der Waals surface area contributed by atoms with E-state index in [1.165, 1.54) is 11.8 Å². The van der Waals surface area contributed by atoms with Gasteiger partial charge < -0.3 is 9.47 Å². The molecular weight excluding hydrogens is 304 g/mol. The summed E-state index contributed by atoms with van der Waals surface area (Å²) >= 11 is 0. The molecule has 0 saturated heterocycles. The van der Waals surface area contributed by atoms with Crippen molar-refractivity contribution in [3.8, 4) is 11.5 Å². The van der Waals surface area contributed by atoms with Crippen molar-refractivity contribution in [2.75, 3.05) is 13.7 Å². The third-order valence-corrected chi connectivity index (χ3v) is 3.43. The third kappa shape index (κ3) is 5.12. The molecule has 2 aromatic rings. The Labute approximate surface area is 142 Å². The molecule has 0 aliphatic carbocycles. The molecule has 24 heavy (non-hydrogen) atoms. The molecule has 5 nitrogen and oxygen atoms in total. The molecule has 5 heteroatoms. The number of nitrogens with one attached hydrogen (secondary N) is 1. The van der Waals surface area contributed by atoms with Crippen LogP contribution in [0.1, 0.15) is 30.9 Å². The molecule has 0 aromatic heterocycles. The van der Waals surface area contributed by atoms with E-state index >= 15 is 0 Å². The Morgan fingerprint density at radius 1 is 1.21 bits per heavy atom. The predicted octanol–water partition coefficient (Wildman–Crippen LogP) is 3.35. The van der Waals surface area contributed by atoms with Crippen LogP contribution in [0.25, 0.3) is 0 Å². The van der Waals surface area contributed by atoms with E-state index in [0.717, 1.165) is 5.56 Å². The average molecular weight is 326 g/mol. The normalized spacial score (nSPS) is 10.8. The standard InChI is InChI=1S/C19H22N2O3/c1-14(2)15-8-6-9-17(11-15)24-13-19(22)21-20-12-16-7-4-5-10-18(16)23-3/h4-12,14H,13H2,1-3H3,(H,21,22)/b20-12+. The van der Waals surface area contributed by atoms with Crippen molar-refractivity contribution in [2.24, 2.45) is 5.10 Å². The molecule has 0 saturated carbocycles. The van der Waals surface area contributed by atoms with Crippen LogP contribution in [0, 0.1) is 0 Å². The molecule has 0 heterocycles. The van der Waals surface area contributed by atoms with E-state index in [1.54, 1.807) is 7.11 Å². The van der Waals surface area contributed by atoms with Crippen molar-refractivity contribution in [1.29, 1.82) is 0 Å². The molecule has 0 fully saturated rings. The zero-order valence-corrected chi connectivity index (χ0v) is 14.2. The van der Waals surface area contributed by atoms with Crippen molar-refractivity contribution < 1.29 is 14.3 Å². The first-order valence-corrected chi connectivity index (χ1v) is 7.78. The van der Waals surface area contributed by atoms with E-state index in [0.29, 0.717) is 17.4 Å². The minimum absolute atomic E-state index is 0.0924. The number of rotatable bonds is 7. The van der Waals surface area contributed by atoms with E-state index in [1.807, 2.05) is 48.5 Å². The molecule has 0 bridgehead atoms. The van der Waals surface area contributed by atoms with Crippen LogP contribution in [0.5, 0.6) is 11.5 Å². The molecule has 1 N–H and O–H groups in total. The van der Waals surface area contributed by atoms with Crippen molar-refractivity contribution in [3.63, 3.8) is 0 Å². The highest BCUT2D eigenvalue weighted by Gasteiger charge is 2.04. The number of hydrogen-bond donors (Lipinski definition) is 1. The van der Waals surface area contributed by atoms with Gasteiger partial charge in [-0.3, -0.25) is 4.79 Å². The van der Waals surface area contributed by atoms with Crippen LogP contribution in [-0.2, 0) is 4.79 Å². The molecule has 0 unspecified atom stereocenters. The number of hydrogen-bond acceptors (Lipinski definition) is 4. The molecule has 0 radical (unpaired) electrons. The molecule has 2 rings (SSSR count). The van der Waals surface area contributed by atoms with E-state index in [4.69, 9.17) is 9.47 Å². The molecule has 2 aromatic carbocycles. The molecular formula is C19H22N2O3. The molecule has 0 spiro atoms. The number of carbonyl (C=O) groups excluding carboxylic acids is 1. The van der Waals surface area contributed by atoms with Gasteiger partial charge in [0, 0.05) is 5.56 Å². The molecule has 126 valence electrons. The first kappa shape index (κ1) is 17.5. The maximum atomic E-state index is 11.8. The zero-order valence-electron chi connectivity index (χ0n) is 14.2. The number of para-hydroxylation sites is 1. The first-order chi connectivity index (χ1) is 11.6. The highest BCUT2D eigenvalue weighted by atomic mass is 16.5. The van der Waals surface area contributed by atoms with Gasteiger partial charge in [-0.2, -0.15) is 5.10 Å². The number of amides is 1. The van der Waals surface area contributed by atoms with Gasteiger partial charge in [-0.15, -0.1) is 0 Å². The largest absolute Gasteiger partial charge is 0.496 e. The number of ether oxygens (including phenoxy) is 2. The highest BCUT2D eigenvalue weighted by Crippen LogP contribution is 2.20. The predicted molar refractivity (Wildman–Crippen MR) is 94.8 cm³/mol. The highest BCUT2D eigenvalue weighted by molar-refractivity contribution is 5.85. The summed E-state index contributed by atoms with van der Waals surface area (Å²) in [5.74, 6) is 1.45. The van der Waals surface area contributed by atoms with Gasteiger partial charge in [0.15, 0.2) is 6.61 Å². The summed E-state index contributed by atoms with van der Waals surface area (Å²) < 4.78 is 10.7. The van der Waals surface area contributed by atoms with Gasteiger partial charge in [-0.05, 0) is 35.7 Å². The summed E-state index contributed by atoms with van der Waals surface area (Å²) in [6, 6.07) is 15.1. The van der Waals surface area contributed by atoms with Gasteiger partial charge in [0.2, 0.25) is 0 Å². The van der Waals surface area contributed by atoms with Gasteiger partial charge in [-0.1, -0.05) is 38.1 Å². The Balaban J connectivity index is 1.85. The monoisotopic (exact) mass is 326 g/mol.